The van der Waals surface area contributed by atoms with Crippen molar-refractivity contribution in [1.82, 2.24) is 9.80 Å². The molecule has 0 saturated carbocycles. The molecule has 0 atom stereocenters. The Hall–Kier alpha value is -2.90. The number of nitrogens with one attached hydrogen (secondary N) is 1. The summed E-state index contributed by atoms with van der Waals surface area (Å²) in [6.45, 7) is 3.36. The largest absolute Gasteiger partial charge is 0.492 e. The average Bonchev–Trinajstić information content (AvgIpc) is 2.73. The average molecular weight is 319 g/mol. The first-order valence-corrected chi connectivity index (χ1v) is 7.18. The highest BCUT2D eigenvalue weighted by Gasteiger charge is 2.44. The third-order valence-electron chi connectivity index (χ3n) is 3.21. The monoisotopic (exact) mass is 319 g/mol. The van der Waals surface area contributed by atoms with Crippen molar-refractivity contribution in [2.75, 3.05) is 25.0 Å². The van der Waals surface area contributed by atoms with Gasteiger partial charge in [-0.05, 0) is 26.0 Å². The van der Waals surface area contributed by atoms with Gasteiger partial charge in [0.15, 0.2) is 0 Å². The van der Waals surface area contributed by atoms with Crippen molar-refractivity contribution in [1.29, 1.82) is 0 Å². The van der Waals surface area contributed by atoms with Crippen molar-refractivity contribution in [3.63, 3.8) is 0 Å². The molecule has 1 saturated heterocycles. The van der Waals surface area contributed by atoms with Crippen molar-refractivity contribution in [2.45, 2.75) is 13.8 Å². The van der Waals surface area contributed by atoms with E-state index in [0.717, 1.165) is 4.90 Å². The number of hydrogen-bond acceptors (Lipinski definition) is 5. The molecule has 2 rings (SSSR count). The molecule has 8 nitrogen and oxygen atoms in total. The van der Waals surface area contributed by atoms with Crippen LogP contribution >= 0.6 is 0 Å². The normalized spacial score (nSPS) is 14.4. The number of anilines is 1. The van der Waals surface area contributed by atoms with E-state index in [-0.39, 0.29) is 6.54 Å². The van der Waals surface area contributed by atoms with Crippen LogP contribution in [0, 0.1) is 0 Å². The van der Waals surface area contributed by atoms with E-state index in [1.807, 2.05) is 6.92 Å². The van der Waals surface area contributed by atoms with E-state index in [0.29, 0.717) is 22.9 Å². The summed E-state index contributed by atoms with van der Waals surface area (Å²) in [6.07, 6.45) is 0. The predicted molar refractivity (Wildman–Crippen MR) is 80.7 cm³/mol. The number of imide groups is 2. The van der Waals surface area contributed by atoms with Gasteiger partial charge < -0.3 is 10.1 Å². The molecule has 0 unspecified atom stereocenters. The second kappa shape index (κ2) is 6.91. The topological polar surface area (TPSA) is 96.0 Å². The van der Waals surface area contributed by atoms with Gasteiger partial charge in [0.2, 0.25) is 5.91 Å². The van der Waals surface area contributed by atoms with Crippen molar-refractivity contribution >= 4 is 29.4 Å². The number of para-hydroxylation sites is 2. The maximum Gasteiger partial charge on any atom is 0.334 e. The molecule has 5 amide bonds. The van der Waals surface area contributed by atoms with Gasteiger partial charge in [-0.3, -0.25) is 19.3 Å². The molecule has 1 aromatic rings. The Morgan fingerprint density at radius 3 is 2.35 bits per heavy atom. The standard InChI is InChI=1S/C15H17N3O5/c1-3-17-13(20)14(21)18(15(17)22)9-12(19)16-10-7-5-6-8-11(10)23-4-2/h5-8H,3-4,9H2,1-2H3,(H,16,19). The zero-order valence-electron chi connectivity index (χ0n) is 12.9. The summed E-state index contributed by atoms with van der Waals surface area (Å²) >= 11 is 0. The zero-order valence-corrected chi connectivity index (χ0v) is 12.9. The van der Waals surface area contributed by atoms with Gasteiger partial charge in [0.25, 0.3) is 0 Å². The SMILES string of the molecule is CCOc1ccccc1NC(=O)CN1C(=O)C(=O)N(CC)C1=O. The maximum atomic E-state index is 12.1. The minimum absolute atomic E-state index is 0.0781. The summed E-state index contributed by atoms with van der Waals surface area (Å²) in [5, 5.41) is 2.57. The van der Waals surface area contributed by atoms with Crippen LogP contribution in [0.5, 0.6) is 5.75 Å². The summed E-state index contributed by atoms with van der Waals surface area (Å²) in [6, 6.07) is 6.02. The summed E-state index contributed by atoms with van der Waals surface area (Å²) < 4.78 is 5.38. The molecule has 1 N–H and O–H groups in total. The van der Waals surface area contributed by atoms with Crippen molar-refractivity contribution < 1.29 is 23.9 Å². The maximum absolute atomic E-state index is 12.1. The van der Waals surface area contributed by atoms with Crippen LogP contribution in [0.15, 0.2) is 24.3 Å². The Morgan fingerprint density at radius 2 is 1.74 bits per heavy atom. The first-order chi connectivity index (χ1) is 11.0. The van der Waals surface area contributed by atoms with Crippen LogP contribution in [-0.2, 0) is 14.4 Å². The lowest BCUT2D eigenvalue weighted by Gasteiger charge is -2.15. The number of likely N-dealkylation sites (N-methyl/N-ethyl adjacent to an activating group) is 1. The zero-order chi connectivity index (χ0) is 17.0. The summed E-state index contributed by atoms with van der Waals surface area (Å²) in [4.78, 5) is 48.8. The molecule has 1 fully saturated rings. The van der Waals surface area contributed by atoms with Crippen LogP contribution in [0.2, 0.25) is 0 Å². The lowest BCUT2D eigenvalue weighted by atomic mass is 10.3. The minimum Gasteiger partial charge on any atom is -0.492 e. The first kappa shape index (κ1) is 16.5. The van der Waals surface area contributed by atoms with Crippen LogP contribution in [-0.4, -0.2) is 53.2 Å². The molecule has 1 aliphatic heterocycles. The number of rotatable bonds is 6. The Balaban J connectivity index is 2.07. The van der Waals surface area contributed by atoms with Crippen LogP contribution in [0.25, 0.3) is 0 Å². The van der Waals surface area contributed by atoms with Crippen LogP contribution in [0.1, 0.15) is 13.8 Å². The number of amides is 5. The summed E-state index contributed by atoms with van der Waals surface area (Å²) in [5.74, 6) is -2.02. The molecule has 0 bridgehead atoms. The van der Waals surface area contributed by atoms with Gasteiger partial charge in [-0.2, -0.15) is 0 Å². The smallest absolute Gasteiger partial charge is 0.334 e. The molecule has 0 aliphatic carbocycles. The highest BCUT2D eigenvalue weighted by Crippen LogP contribution is 2.23. The molecule has 1 aliphatic rings. The Kier molecular flexibility index (Phi) is 4.95. The number of hydrogen-bond donors (Lipinski definition) is 1. The van der Waals surface area contributed by atoms with E-state index in [1.54, 1.807) is 31.2 Å². The van der Waals surface area contributed by atoms with Crippen LogP contribution in [0.3, 0.4) is 0 Å². The van der Waals surface area contributed by atoms with Gasteiger partial charge in [-0.1, -0.05) is 12.1 Å². The molecule has 122 valence electrons. The number of ether oxygens (including phenoxy) is 1. The predicted octanol–water partition coefficient (Wildman–Crippen LogP) is 0.834. The number of urea groups is 1. The first-order valence-electron chi connectivity index (χ1n) is 7.18. The van der Waals surface area contributed by atoms with Gasteiger partial charge in [0.1, 0.15) is 12.3 Å². The van der Waals surface area contributed by atoms with Crippen molar-refractivity contribution in [3.8, 4) is 5.75 Å². The quantitative estimate of drug-likeness (QED) is 0.619. The summed E-state index contributed by atoms with van der Waals surface area (Å²) in [7, 11) is 0. The molecule has 23 heavy (non-hydrogen) atoms. The Morgan fingerprint density at radius 1 is 1.09 bits per heavy atom. The fourth-order valence-electron chi connectivity index (χ4n) is 2.15. The van der Waals surface area contributed by atoms with E-state index in [9.17, 15) is 19.2 Å². The van der Waals surface area contributed by atoms with Crippen molar-refractivity contribution in [3.05, 3.63) is 24.3 Å². The second-order valence-electron chi connectivity index (χ2n) is 4.70. The van der Waals surface area contributed by atoms with E-state index in [4.69, 9.17) is 4.74 Å². The van der Waals surface area contributed by atoms with E-state index in [2.05, 4.69) is 5.32 Å². The highest BCUT2D eigenvalue weighted by molar-refractivity contribution is 6.45. The molecule has 8 heteroatoms. The van der Waals surface area contributed by atoms with E-state index < -0.39 is 30.3 Å². The lowest BCUT2D eigenvalue weighted by molar-refractivity contribution is -0.143. The fourth-order valence-corrected chi connectivity index (χ4v) is 2.15. The van der Waals surface area contributed by atoms with Gasteiger partial charge in [0, 0.05) is 6.54 Å². The van der Waals surface area contributed by atoms with Gasteiger partial charge in [-0.25, -0.2) is 9.69 Å². The van der Waals surface area contributed by atoms with E-state index in [1.165, 1.54) is 0 Å². The fraction of sp³-hybridized carbons (Fsp3) is 0.333. The number of carbonyl (C=O) groups is 4. The number of carbonyl (C=O) groups excluding carboxylic acids is 4. The molecular weight excluding hydrogens is 302 g/mol. The number of nitrogens with zero attached hydrogens (tertiary/aromatic N) is 2. The van der Waals surface area contributed by atoms with Gasteiger partial charge >= 0.3 is 17.8 Å². The molecule has 1 heterocycles. The third-order valence-corrected chi connectivity index (χ3v) is 3.21. The Labute approximate surface area is 133 Å². The molecular formula is C15H17N3O5. The number of benzene rings is 1. The van der Waals surface area contributed by atoms with Crippen molar-refractivity contribution in [2.24, 2.45) is 0 Å². The van der Waals surface area contributed by atoms with Gasteiger partial charge in [-0.15, -0.1) is 0 Å². The van der Waals surface area contributed by atoms with Gasteiger partial charge in [0.05, 0.1) is 12.3 Å². The minimum atomic E-state index is -0.995. The summed E-state index contributed by atoms with van der Waals surface area (Å²) in [5.41, 5.74) is 0.428. The third kappa shape index (κ3) is 3.31. The molecule has 1 aromatic carbocycles. The highest BCUT2D eigenvalue weighted by atomic mass is 16.5. The molecule has 0 spiro atoms. The molecule has 0 aromatic heterocycles. The molecule has 0 radical (unpaired) electrons. The Bertz CT molecular complexity index is 658. The van der Waals surface area contributed by atoms with Crippen LogP contribution < -0.4 is 10.1 Å². The van der Waals surface area contributed by atoms with E-state index >= 15 is 0 Å². The van der Waals surface area contributed by atoms with Crippen LogP contribution in [0.4, 0.5) is 10.5 Å². The second-order valence-corrected chi connectivity index (χ2v) is 4.70. The lowest BCUT2D eigenvalue weighted by Crippen LogP contribution is -2.39.